The van der Waals surface area contributed by atoms with E-state index >= 15 is 0 Å². The molecule has 0 bridgehead atoms. The highest BCUT2D eigenvalue weighted by Crippen LogP contribution is 2.49. The van der Waals surface area contributed by atoms with E-state index in [0.717, 1.165) is 119 Å². The van der Waals surface area contributed by atoms with Crippen molar-refractivity contribution in [2.45, 2.75) is 0 Å². The highest BCUT2D eigenvalue weighted by Gasteiger charge is 2.47. The molecule has 0 fully saturated rings. The third-order valence-electron chi connectivity index (χ3n) is 15.1. The van der Waals surface area contributed by atoms with Crippen LogP contribution in [0.3, 0.4) is 0 Å². The van der Waals surface area contributed by atoms with Gasteiger partial charge in [0.05, 0.1) is 11.4 Å². The molecule has 4 aliphatic rings. The average Bonchev–Trinajstić information content (AvgIpc) is 3.48. The number of fused-ring (bicyclic) bond motifs is 8. The maximum atomic E-state index is 7.55. The van der Waals surface area contributed by atoms with Gasteiger partial charge < -0.3 is 29.1 Å². The molecule has 346 valence electrons. The highest BCUT2D eigenvalue weighted by molar-refractivity contribution is 7.01. The van der Waals surface area contributed by atoms with E-state index in [1.165, 1.54) is 5.46 Å². The lowest BCUT2D eigenvalue weighted by atomic mass is 9.32. The lowest BCUT2D eigenvalue weighted by Crippen LogP contribution is -2.62. The van der Waals surface area contributed by atoms with Crippen molar-refractivity contribution in [3.05, 3.63) is 267 Å². The SMILES string of the molecule is c1ccc(N(c2ccccc2)c2cc3c4c(c2)N(c2ccccc2)c2ccccc2B4c2cc4c(cc2O3)B2c3ccccc3Oc3cc(N(c5ccccc5)c5ccccc5)cc(c32)N4c2ccccc2)cc1. The Hall–Kier alpha value is -9.65. The predicted octanol–water partition coefficient (Wildman–Crippen LogP) is 13.4. The summed E-state index contributed by atoms with van der Waals surface area (Å²) in [6.07, 6.45) is 0. The lowest BCUT2D eigenvalue weighted by molar-refractivity contribution is 0.486. The Kier molecular flexibility index (Phi) is 9.67. The van der Waals surface area contributed by atoms with E-state index in [4.69, 9.17) is 9.47 Å². The van der Waals surface area contributed by atoms with E-state index in [0.29, 0.717) is 0 Å². The fraction of sp³-hybridized carbons (Fsp3) is 0. The number of anilines is 12. The van der Waals surface area contributed by atoms with Crippen LogP contribution in [-0.2, 0) is 0 Å². The molecule has 0 N–H and O–H groups in total. The molecule has 15 rings (SSSR count). The third-order valence-corrected chi connectivity index (χ3v) is 15.1. The Morgan fingerprint density at radius 1 is 0.257 bits per heavy atom. The molecule has 0 unspecified atom stereocenters. The van der Waals surface area contributed by atoms with Crippen LogP contribution in [0.1, 0.15) is 0 Å². The molecule has 11 aromatic carbocycles. The van der Waals surface area contributed by atoms with Crippen LogP contribution in [0.25, 0.3) is 0 Å². The van der Waals surface area contributed by atoms with Gasteiger partial charge in [0.1, 0.15) is 23.0 Å². The van der Waals surface area contributed by atoms with Gasteiger partial charge in [0.25, 0.3) is 13.4 Å². The van der Waals surface area contributed by atoms with Crippen molar-refractivity contribution in [2.24, 2.45) is 0 Å². The maximum absolute atomic E-state index is 7.55. The zero-order valence-electron chi connectivity index (χ0n) is 40.2. The van der Waals surface area contributed by atoms with Crippen LogP contribution in [-0.4, -0.2) is 13.4 Å². The molecule has 0 amide bonds. The van der Waals surface area contributed by atoms with E-state index in [1.54, 1.807) is 0 Å². The van der Waals surface area contributed by atoms with Crippen LogP contribution in [0, 0.1) is 0 Å². The van der Waals surface area contributed by atoms with Crippen molar-refractivity contribution in [3.8, 4) is 23.0 Å². The monoisotopic (exact) mass is 946 g/mol. The summed E-state index contributed by atoms with van der Waals surface area (Å²) in [4.78, 5) is 9.55. The zero-order chi connectivity index (χ0) is 48.7. The minimum atomic E-state index is -0.160. The van der Waals surface area contributed by atoms with Gasteiger partial charge in [-0.05, 0) is 142 Å². The normalized spacial score (nSPS) is 13.0. The van der Waals surface area contributed by atoms with Gasteiger partial charge in [0.15, 0.2) is 0 Å². The van der Waals surface area contributed by atoms with Crippen molar-refractivity contribution >= 4 is 114 Å². The second-order valence-corrected chi connectivity index (χ2v) is 19.2. The quantitative estimate of drug-likeness (QED) is 0.141. The predicted molar refractivity (Wildman–Crippen MR) is 308 cm³/mol. The summed E-state index contributed by atoms with van der Waals surface area (Å²) in [5.41, 5.74) is 19.6. The average molecular weight is 947 g/mol. The van der Waals surface area contributed by atoms with E-state index in [1.807, 2.05) is 0 Å². The molecule has 4 aliphatic heterocycles. The number of rotatable bonds is 8. The second kappa shape index (κ2) is 17.0. The molecule has 0 saturated heterocycles. The zero-order valence-corrected chi connectivity index (χ0v) is 40.2. The summed E-state index contributed by atoms with van der Waals surface area (Å²) in [7, 11) is 0. The molecule has 11 aromatic rings. The van der Waals surface area contributed by atoms with Gasteiger partial charge >= 0.3 is 0 Å². The third kappa shape index (κ3) is 6.62. The Labute approximate surface area is 431 Å². The Morgan fingerprint density at radius 2 is 0.649 bits per heavy atom. The second-order valence-electron chi connectivity index (χ2n) is 19.2. The fourth-order valence-corrected chi connectivity index (χ4v) is 12.0. The van der Waals surface area contributed by atoms with Gasteiger partial charge in [-0.3, -0.25) is 0 Å². The van der Waals surface area contributed by atoms with Gasteiger partial charge in [-0.1, -0.05) is 146 Å². The highest BCUT2D eigenvalue weighted by atomic mass is 16.5. The van der Waals surface area contributed by atoms with E-state index < -0.39 is 0 Å². The molecular weight excluding hydrogens is 902 g/mol. The summed E-state index contributed by atoms with van der Waals surface area (Å²) < 4.78 is 14.6. The number of hydrogen-bond donors (Lipinski definition) is 0. The Bertz CT molecular complexity index is 3860. The van der Waals surface area contributed by atoms with Gasteiger partial charge in [0, 0.05) is 69.0 Å². The molecule has 0 atom stereocenters. The van der Waals surface area contributed by atoms with Crippen LogP contribution in [0.4, 0.5) is 68.2 Å². The van der Waals surface area contributed by atoms with Gasteiger partial charge in [-0.25, -0.2) is 0 Å². The summed E-state index contributed by atoms with van der Waals surface area (Å²) in [6.45, 7) is -0.317. The first-order valence-electron chi connectivity index (χ1n) is 25.3. The number of nitrogens with zero attached hydrogens (tertiary/aromatic N) is 4. The van der Waals surface area contributed by atoms with Crippen molar-refractivity contribution in [1.29, 1.82) is 0 Å². The van der Waals surface area contributed by atoms with Gasteiger partial charge in [-0.15, -0.1) is 0 Å². The summed E-state index contributed by atoms with van der Waals surface area (Å²) >= 11 is 0. The summed E-state index contributed by atoms with van der Waals surface area (Å²) in [5, 5.41) is 0. The molecule has 8 heteroatoms. The number of para-hydroxylation sites is 8. The maximum Gasteiger partial charge on any atom is 0.256 e. The van der Waals surface area contributed by atoms with Gasteiger partial charge in [-0.2, -0.15) is 0 Å². The molecule has 0 aliphatic carbocycles. The van der Waals surface area contributed by atoms with Gasteiger partial charge in [0.2, 0.25) is 0 Å². The summed E-state index contributed by atoms with van der Waals surface area (Å²) in [5.74, 6) is 3.35. The first-order valence-corrected chi connectivity index (χ1v) is 25.3. The first kappa shape index (κ1) is 42.1. The van der Waals surface area contributed by atoms with E-state index in [-0.39, 0.29) is 13.4 Å². The van der Waals surface area contributed by atoms with Crippen molar-refractivity contribution in [3.63, 3.8) is 0 Å². The van der Waals surface area contributed by atoms with Crippen LogP contribution in [0.2, 0.25) is 0 Å². The van der Waals surface area contributed by atoms with Crippen molar-refractivity contribution in [2.75, 3.05) is 19.6 Å². The molecular formula is C66H44B2N4O2. The fourth-order valence-electron chi connectivity index (χ4n) is 12.0. The number of ether oxygens (including phenoxy) is 2. The Balaban J connectivity index is 0.997. The molecule has 0 spiro atoms. The lowest BCUT2D eigenvalue weighted by Gasteiger charge is -2.43. The standard InChI is InChI=1S/C66H44B2N4O2/c1-7-23-45(24-8-1)69(46-25-9-2-10-26-46)51-39-59-65-64(42-51)74-62-44-55-58(43-56(62)67(65)53-35-19-21-37-57(53)71(59)49-31-15-5-16-32-49)72(50-33-17-6-18-34-50)60-40-52(41-63-66(60)68(55)54-36-20-22-38-61(54)73-63)70(47-27-11-3-12-28-47)48-29-13-4-14-30-48/h1-44H. The minimum Gasteiger partial charge on any atom is -0.458 e. The van der Waals surface area contributed by atoms with Crippen LogP contribution >= 0.6 is 0 Å². The molecule has 4 heterocycles. The Morgan fingerprint density at radius 3 is 1.15 bits per heavy atom. The summed E-state index contributed by atoms with van der Waals surface area (Å²) in [6, 6.07) is 95.5. The first-order chi connectivity index (χ1) is 36.7. The largest absolute Gasteiger partial charge is 0.458 e. The molecule has 6 nitrogen and oxygen atoms in total. The molecule has 74 heavy (non-hydrogen) atoms. The van der Waals surface area contributed by atoms with Crippen LogP contribution in [0.15, 0.2) is 267 Å². The smallest absolute Gasteiger partial charge is 0.256 e. The molecule has 0 radical (unpaired) electrons. The van der Waals surface area contributed by atoms with E-state index in [2.05, 4.69) is 287 Å². The topological polar surface area (TPSA) is 31.4 Å². The van der Waals surface area contributed by atoms with Crippen LogP contribution in [0.5, 0.6) is 23.0 Å². The molecule has 0 saturated carbocycles. The number of hydrogen-bond acceptors (Lipinski definition) is 6. The molecule has 0 aromatic heterocycles. The number of benzene rings is 11. The van der Waals surface area contributed by atoms with E-state index in [9.17, 15) is 0 Å². The minimum absolute atomic E-state index is 0.157. The van der Waals surface area contributed by atoms with Crippen LogP contribution < -0.4 is 61.9 Å². The van der Waals surface area contributed by atoms with Crippen molar-refractivity contribution in [1.82, 2.24) is 0 Å². The van der Waals surface area contributed by atoms with Crippen molar-refractivity contribution < 1.29 is 9.47 Å².